The van der Waals surface area contributed by atoms with Crippen LogP contribution in [0.25, 0.3) is 0 Å². The van der Waals surface area contributed by atoms with Crippen molar-refractivity contribution in [3.05, 3.63) is 11.6 Å². The number of ether oxygens (including phenoxy) is 1. The highest BCUT2D eigenvalue weighted by Gasteiger charge is 2.22. The summed E-state index contributed by atoms with van der Waals surface area (Å²) in [7, 11) is 0. The minimum Gasteiger partial charge on any atom is -0.443 e. The van der Waals surface area contributed by atoms with Gasteiger partial charge in [-0.2, -0.15) is 0 Å². The largest absolute Gasteiger partial charge is 0.443 e. The number of halogens is 2. The topological polar surface area (TPSA) is 26.3 Å². The number of unbranched alkanes of at least 4 members (excludes halogenated alkanes) is 2. The van der Waals surface area contributed by atoms with Gasteiger partial charge >= 0.3 is 5.97 Å². The fraction of sp³-hybridized carbons (Fsp3) is 0.750. The highest BCUT2D eigenvalue weighted by molar-refractivity contribution is 9.09. The van der Waals surface area contributed by atoms with Gasteiger partial charge in [-0.1, -0.05) is 35.7 Å². The maximum Gasteiger partial charge on any atom is 0.332 e. The molecule has 1 rings (SSSR count). The van der Waals surface area contributed by atoms with Crippen LogP contribution in [0.2, 0.25) is 0 Å². The van der Waals surface area contributed by atoms with Crippen molar-refractivity contribution >= 4 is 37.8 Å². The highest BCUT2D eigenvalue weighted by Crippen LogP contribution is 2.25. The fourth-order valence-corrected chi connectivity index (χ4v) is 2.56. The lowest BCUT2D eigenvalue weighted by Crippen LogP contribution is -2.02. The molecule has 0 radical (unpaired) electrons. The molecule has 16 heavy (non-hydrogen) atoms. The molecule has 1 aliphatic rings. The number of carbonyl (C=O) groups excluding carboxylic acids is 1. The van der Waals surface area contributed by atoms with Gasteiger partial charge in [-0.25, -0.2) is 4.79 Å². The summed E-state index contributed by atoms with van der Waals surface area (Å²) in [5.41, 5.74) is 1.08. The predicted octanol–water partition coefficient (Wildman–Crippen LogP) is 4.17. The first-order valence-corrected chi connectivity index (χ1v) is 7.78. The minimum absolute atomic E-state index is 0.179. The Balaban J connectivity index is 2.07. The van der Waals surface area contributed by atoms with Gasteiger partial charge < -0.3 is 4.74 Å². The van der Waals surface area contributed by atoms with E-state index in [4.69, 9.17) is 4.74 Å². The number of hydrogen-bond acceptors (Lipinski definition) is 2. The number of alkyl halides is 2. The Morgan fingerprint density at radius 1 is 1.44 bits per heavy atom. The number of cyclic esters (lactones) is 1. The van der Waals surface area contributed by atoms with Crippen LogP contribution in [0.5, 0.6) is 0 Å². The van der Waals surface area contributed by atoms with Crippen molar-refractivity contribution in [1.82, 2.24) is 0 Å². The summed E-state index contributed by atoms with van der Waals surface area (Å²) in [6.07, 6.45) is 7.48. The van der Waals surface area contributed by atoms with Crippen molar-refractivity contribution < 1.29 is 9.53 Å². The van der Waals surface area contributed by atoms with E-state index >= 15 is 0 Å². The summed E-state index contributed by atoms with van der Waals surface area (Å²) >= 11 is 6.81. The van der Waals surface area contributed by atoms with Crippen LogP contribution in [-0.4, -0.2) is 16.3 Å². The predicted molar refractivity (Wildman–Crippen MR) is 72.9 cm³/mol. The molecule has 2 unspecified atom stereocenters. The SMILES string of the molecule is CC(CBr)CCCCCC1=CC(=O)OC1Br. The van der Waals surface area contributed by atoms with Gasteiger partial charge in [0.15, 0.2) is 5.01 Å². The molecular weight excluding hydrogens is 336 g/mol. The molecule has 1 aliphatic heterocycles. The van der Waals surface area contributed by atoms with Crippen LogP contribution < -0.4 is 0 Å². The summed E-state index contributed by atoms with van der Waals surface area (Å²) in [6, 6.07) is 0. The second-order valence-corrected chi connectivity index (χ2v) is 5.81. The average molecular weight is 354 g/mol. The van der Waals surface area contributed by atoms with Gasteiger partial charge in [0.25, 0.3) is 0 Å². The van der Waals surface area contributed by atoms with E-state index in [0.29, 0.717) is 0 Å². The van der Waals surface area contributed by atoms with Gasteiger partial charge in [-0.3, -0.25) is 0 Å². The monoisotopic (exact) mass is 352 g/mol. The molecule has 0 saturated heterocycles. The van der Waals surface area contributed by atoms with Crippen LogP contribution in [0.4, 0.5) is 0 Å². The van der Waals surface area contributed by atoms with Crippen LogP contribution in [0, 0.1) is 5.92 Å². The molecule has 0 amide bonds. The normalized spacial score (nSPS) is 21.8. The molecule has 2 nitrogen and oxygen atoms in total. The maximum atomic E-state index is 10.9. The van der Waals surface area contributed by atoms with Crippen LogP contribution in [0.1, 0.15) is 39.0 Å². The van der Waals surface area contributed by atoms with E-state index in [9.17, 15) is 4.79 Å². The zero-order valence-electron chi connectivity index (χ0n) is 9.55. The summed E-state index contributed by atoms with van der Waals surface area (Å²) < 4.78 is 4.97. The van der Waals surface area contributed by atoms with Crippen LogP contribution in [0.15, 0.2) is 11.6 Å². The lowest BCUT2D eigenvalue weighted by Gasteiger charge is -2.08. The fourth-order valence-electron chi connectivity index (χ4n) is 1.69. The molecule has 0 fully saturated rings. The van der Waals surface area contributed by atoms with E-state index in [1.165, 1.54) is 19.3 Å². The molecule has 0 spiro atoms. The van der Waals surface area contributed by atoms with Crippen LogP contribution in [0.3, 0.4) is 0 Å². The smallest absolute Gasteiger partial charge is 0.332 e. The number of hydrogen-bond donors (Lipinski definition) is 0. The van der Waals surface area contributed by atoms with E-state index in [-0.39, 0.29) is 11.0 Å². The van der Waals surface area contributed by atoms with Gasteiger partial charge in [0.2, 0.25) is 0 Å². The Labute approximate surface area is 114 Å². The molecule has 2 atom stereocenters. The van der Waals surface area contributed by atoms with Gasteiger partial charge in [-0.05, 0) is 46.7 Å². The first-order chi connectivity index (χ1) is 7.63. The van der Waals surface area contributed by atoms with Crippen molar-refractivity contribution in [3.8, 4) is 0 Å². The Morgan fingerprint density at radius 3 is 2.75 bits per heavy atom. The van der Waals surface area contributed by atoms with Gasteiger partial charge in [0.1, 0.15) is 0 Å². The lowest BCUT2D eigenvalue weighted by atomic mass is 10.0. The first kappa shape index (κ1) is 14.2. The van der Waals surface area contributed by atoms with Crippen molar-refractivity contribution in [1.29, 1.82) is 0 Å². The third-order valence-electron chi connectivity index (χ3n) is 2.74. The molecule has 0 aromatic heterocycles. The molecule has 0 aromatic carbocycles. The second kappa shape index (κ2) is 7.49. The third-order valence-corrected chi connectivity index (χ3v) is 4.62. The van der Waals surface area contributed by atoms with Crippen LogP contribution >= 0.6 is 31.9 Å². The van der Waals surface area contributed by atoms with Gasteiger partial charge in [0.05, 0.1) is 0 Å². The first-order valence-electron chi connectivity index (χ1n) is 5.74. The molecule has 0 aromatic rings. The summed E-state index contributed by atoms with van der Waals surface area (Å²) in [5, 5.41) is 0.908. The molecule has 1 heterocycles. The highest BCUT2D eigenvalue weighted by atomic mass is 79.9. The summed E-state index contributed by atoms with van der Waals surface area (Å²) in [5.74, 6) is 0.546. The molecule has 0 bridgehead atoms. The van der Waals surface area contributed by atoms with Gasteiger partial charge in [0, 0.05) is 11.4 Å². The molecule has 92 valence electrons. The minimum atomic E-state index is -0.218. The quantitative estimate of drug-likeness (QED) is 0.390. The third kappa shape index (κ3) is 5.00. The van der Waals surface area contributed by atoms with Crippen molar-refractivity contribution in [3.63, 3.8) is 0 Å². The van der Waals surface area contributed by atoms with Crippen molar-refractivity contribution in [2.75, 3.05) is 5.33 Å². The zero-order chi connectivity index (χ0) is 12.0. The molecule has 0 saturated carbocycles. The molecular formula is C12H18Br2O2. The number of carbonyl (C=O) groups is 1. The standard InChI is InChI=1S/C12H18Br2O2/c1-9(8-13)5-3-2-4-6-10-7-11(15)16-12(10)14/h7,9,12H,2-6,8H2,1H3. The Morgan fingerprint density at radius 2 is 2.19 bits per heavy atom. The van der Waals surface area contributed by atoms with E-state index in [1.807, 2.05) is 0 Å². The molecule has 4 heteroatoms. The Hall–Kier alpha value is 0.170. The number of rotatable bonds is 7. The zero-order valence-corrected chi connectivity index (χ0v) is 12.7. The van der Waals surface area contributed by atoms with E-state index in [2.05, 4.69) is 38.8 Å². The average Bonchev–Trinajstić information content (AvgIpc) is 2.56. The van der Waals surface area contributed by atoms with Crippen LogP contribution in [-0.2, 0) is 9.53 Å². The van der Waals surface area contributed by atoms with E-state index < -0.39 is 0 Å². The van der Waals surface area contributed by atoms with Gasteiger partial charge in [-0.15, -0.1) is 0 Å². The van der Waals surface area contributed by atoms with Crippen molar-refractivity contribution in [2.24, 2.45) is 5.92 Å². The molecule has 0 aliphatic carbocycles. The summed E-state index contributed by atoms with van der Waals surface area (Å²) in [4.78, 5) is 10.9. The maximum absolute atomic E-state index is 10.9. The van der Waals surface area contributed by atoms with E-state index in [1.54, 1.807) is 6.08 Å². The van der Waals surface area contributed by atoms with Crippen molar-refractivity contribution in [2.45, 2.75) is 44.0 Å². The van der Waals surface area contributed by atoms with E-state index in [0.717, 1.165) is 29.7 Å². The Kier molecular flexibility index (Phi) is 6.66. The Bertz CT molecular complexity index is 264. The number of esters is 1. The lowest BCUT2D eigenvalue weighted by molar-refractivity contribution is -0.135. The summed E-state index contributed by atoms with van der Waals surface area (Å²) in [6.45, 7) is 2.26. The second-order valence-electron chi connectivity index (χ2n) is 4.33. The molecule has 0 N–H and O–H groups in total.